The maximum atomic E-state index is 12.1. The molecule has 1 aromatic carbocycles. The van der Waals surface area contributed by atoms with E-state index < -0.39 is 6.08 Å². The summed E-state index contributed by atoms with van der Waals surface area (Å²) in [7, 11) is 0. The molecule has 0 amide bonds. The normalized spacial score (nSPS) is 18.4. The molecule has 0 N–H and O–H groups in total. The Morgan fingerprint density at radius 1 is 1.14 bits per heavy atom. The Kier molecular flexibility index (Phi) is 4.17. The zero-order valence-corrected chi connectivity index (χ0v) is 16.1. The number of ether oxygens (including phenoxy) is 3. The van der Waals surface area contributed by atoms with Crippen molar-refractivity contribution < 1.29 is 15.6 Å². The third-order valence-electron chi connectivity index (χ3n) is 5.14. The minimum Gasteiger partial charge on any atom is -0.490 e. The molecule has 29 heavy (non-hydrogen) atoms. The number of rotatable bonds is 3. The Balaban J connectivity index is 1.32. The lowest BCUT2D eigenvalue weighted by molar-refractivity contribution is 0.159. The van der Waals surface area contributed by atoms with Crippen LogP contribution in [0, 0.1) is 6.92 Å². The minimum absolute atomic E-state index is 0.213. The largest absolute Gasteiger partial charge is 0.490 e. The molecule has 8 heteroatoms. The first-order chi connectivity index (χ1) is 14.5. The lowest BCUT2D eigenvalue weighted by Crippen LogP contribution is -2.39. The van der Waals surface area contributed by atoms with Crippen molar-refractivity contribution in [1.82, 2.24) is 14.6 Å². The minimum atomic E-state index is -1.04. The quantitative estimate of drug-likeness (QED) is 0.673. The molecule has 0 bridgehead atoms. The van der Waals surface area contributed by atoms with Crippen LogP contribution in [0.5, 0.6) is 17.2 Å². The van der Waals surface area contributed by atoms with Crippen LogP contribution in [-0.4, -0.2) is 47.0 Å². The summed E-state index contributed by atoms with van der Waals surface area (Å²) in [5, 5.41) is 4.51. The smallest absolute Gasteiger partial charge is 0.274 e. The molecule has 3 aromatic rings. The summed E-state index contributed by atoms with van der Waals surface area (Å²) in [5.41, 5.74) is 1.26. The highest BCUT2D eigenvalue weighted by molar-refractivity contribution is 5.52. The monoisotopic (exact) mass is 395 g/mol. The van der Waals surface area contributed by atoms with Gasteiger partial charge in [0.15, 0.2) is 23.0 Å². The fourth-order valence-electron chi connectivity index (χ4n) is 3.68. The number of anilines is 1. The van der Waals surface area contributed by atoms with E-state index in [1.807, 2.05) is 25.1 Å². The average Bonchev–Trinajstić information content (AvgIpc) is 2.74. The summed E-state index contributed by atoms with van der Waals surface area (Å²) >= 11 is 0. The lowest BCUT2D eigenvalue weighted by atomic mass is 10.1. The number of hydrogen-bond acceptors (Lipinski definition) is 7. The molecule has 8 nitrogen and oxygen atoms in total. The van der Waals surface area contributed by atoms with E-state index in [9.17, 15) is 4.79 Å². The molecule has 0 saturated carbocycles. The number of hydrogen-bond donors (Lipinski definition) is 0. The highest BCUT2D eigenvalue weighted by Gasteiger charge is 2.24. The molecule has 1 saturated heterocycles. The molecule has 2 aromatic heterocycles. The zero-order valence-electron chi connectivity index (χ0n) is 17.1. The van der Waals surface area contributed by atoms with Crippen LogP contribution in [0.3, 0.4) is 0 Å². The van der Waals surface area contributed by atoms with Crippen molar-refractivity contribution in [3.05, 3.63) is 52.4 Å². The second-order valence-electron chi connectivity index (χ2n) is 7.14. The molecule has 0 aliphatic carbocycles. The van der Waals surface area contributed by atoms with Gasteiger partial charge >= 0.3 is 0 Å². The molecule has 0 radical (unpaired) electrons. The van der Waals surface area contributed by atoms with Crippen molar-refractivity contribution in [3.8, 4) is 17.2 Å². The molecule has 2 aliphatic rings. The van der Waals surface area contributed by atoms with Crippen molar-refractivity contribution >= 4 is 11.5 Å². The standard InChI is InChI=1S/C21H22N4O4/c1-14-12-19-22-7-4-20(26)25(19)23-21(14)24-8-5-15(6-9-24)29-16-2-3-17-18(13-16)28-11-10-27-17/h2-4,7,12-13,15H,5-6,8-11H2,1H3/i15D. The van der Waals surface area contributed by atoms with Gasteiger partial charge in [0.1, 0.15) is 25.0 Å². The van der Waals surface area contributed by atoms with Crippen molar-refractivity contribution in [3.63, 3.8) is 0 Å². The van der Waals surface area contributed by atoms with Crippen LogP contribution in [0.4, 0.5) is 5.82 Å². The second-order valence-corrected chi connectivity index (χ2v) is 7.14. The fourth-order valence-corrected chi connectivity index (χ4v) is 3.68. The van der Waals surface area contributed by atoms with E-state index in [1.165, 1.54) is 16.8 Å². The van der Waals surface area contributed by atoms with Crippen LogP contribution in [0.15, 0.2) is 41.3 Å². The van der Waals surface area contributed by atoms with Gasteiger partial charge in [-0.25, -0.2) is 4.98 Å². The van der Waals surface area contributed by atoms with Crippen LogP contribution in [0.25, 0.3) is 5.65 Å². The van der Waals surface area contributed by atoms with Gasteiger partial charge in [-0.3, -0.25) is 4.79 Å². The number of aromatic nitrogens is 3. The average molecular weight is 395 g/mol. The van der Waals surface area contributed by atoms with Crippen LogP contribution in [0.2, 0.25) is 0 Å². The first kappa shape index (κ1) is 16.6. The Morgan fingerprint density at radius 3 is 2.76 bits per heavy atom. The summed E-state index contributed by atoms with van der Waals surface area (Å²) in [6, 6.07) is 8.66. The molecule has 150 valence electrons. The molecular weight excluding hydrogens is 372 g/mol. The maximum Gasteiger partial charge on any atom is 0.274 e. The first-order valence-corrected chi connectivity index (χ1v) is 9.70. The summed E-state index contributed by atoms with van der Waals surface area (Å²) in [4.78, 5) is 18.4. The Labute approximate surface area is 169 Å². The van der Waals surface area contributed by atoms with Gasteiger partial charge in [0, 0.05) is 44.3 Å². The fraction of sp³-hybridized carbons (Fsp3) is 0.381. The van der Waals surface area contributed by atoms with Gasteiger partial charge in [0.05, 0.1) is 1.37 Å². The molecule has 0 unspecified atom stereocenters. The van der Waals surface area contributed by atoms with Crippen LogP contribution < -0.4 is 24.7 Å². The maximum absolute atomic E-state index is 12.1. The molecule has 0 spiro atoms. The van der Waals surface area contributed by atoms with Gasteiger partial charge in [-0.2, -0.15) is 4.52 Å². The number of aryl methyl sites for hydroxylation is 1. The van der Waals surface area contributed by atoms with Crippen molar-refractivity contribution in [2.45, 2.75) is 25.8 Å². The topological polar surface area (TPSA) is 78.2 Å². The number of benzene rings is 1. The van der Waals surface area contributed by atoms with E-state index >= 15 is 0 Å². The predicted octanol–water partition coefficient (Wildman–Crippen LogP) is 2.22. The third-order valence-corrected chi connectivity index (χ3v) is 5.14. The number of nitrogens with zero attached hydrogens (tertiary/aromatic N) is 4. The first-order valence-electron chi connectivity index (χ1n) is 10.2. The molecule has 0 atom stereocenters. The van der Waals surface area contributed by atoms with Gasteiger partial charge in [-0.1, -0.05) is 0 Å². The summed E-state index contributed by atoms with van der Waals surface area (Å²) < 4.78 is 27.3. The van der Waals surface area contributed by atoms with Crippen LogP contribution in [-0.2, 0) is 0 Å². The Hall–Kier alpha value is -3.29. The summed E-state index contributed by atoms with van der Waals surface area (Å²) in [6.45, 7) is 4.20. The highest BCUT2D eigenvalue weighted by Crippen LogP contribution is 2.34. The molecule has 4 heterocycles. The van der Waals surface area contributed by atoms with Gasteiger partial charge in [-0.05, 0) is 30.7 Å². The highest BCUT2D eigenvalue weighted by atomic mass is 16.6. The molecule has 5 rings (SSSR count). The molecule has 1 fully saturated rings. The van der Waals surface area contributed by atoms with E-state index in [0.717, 1.165) is 11.4 Å². The van der Waals surface area contributed by atoms with Gasteiger partial charge in [-0.15, -0.1) is 5.10 Å². The molecular formula is C21H22N4O4. The zero-order chi connectivity index (χ0) is 20.7. The van der Waals surface area contributed by atoms with Crippen molar-refractivity contribution in [2.24, 2.45) is 0 Å². The third kappa shape index (κ3) is 3.46. The van der Waals surface area contributed by atoms with E-state index in [-0.39, 0.29) is 5.56 Å². The summed E-state index contributed by atoms with van der Waals surface area (Å²) in [6.07, 6.45) is 1.46. The number of fused-ring (bicyclic) bond motifs is 2. The summed E-state index contributed by atoms with van der Waals surface area (Å²) in [5.74, 6) is 2.68. The Morgan fingerprint density at radius 2 is 1.93 bits per heavy atom. The SMILES string of the molecule is [2H]C1(Oc2ccc3c(c2)OCCO3)CCN(c2nn3c(=O)ccnc3cc2C)CC1. The van der Waals surface area contributed by atoms with E-state index in [2.05, 4.69) is 15.0 Å². The van der Waals surface area contributed by atoms with Crippen LogP contribution >= 0.6 is 0 Å². The molecule has 2 aliphatic heterocycles. The van der Waals surface area contributed by atoms with Crippen LogP contribution in [0.1, 0.15) is 19.8 Å². The van der Waals surface area contributed by atoms with Crippen molar-refractivity contribution in [1.29, 1.82) is 0 Å². The van der Waals surface area contributed by atoms with E-state index in [1.54, 1.807) is 6.07 Å². The Bertz CT molecular complexity index is 1160. The van der Waals surface area contributed by atoms with Crippen molar-refractivity contribution in [2.75, 3.05) is 31.2 Å². The van der Waals surface area contributed by atoms with Gasteiger partial charge in [0.25, 0.3) is 5.56 Å². The predicted molar refractivity (Wildman–Crippen MR) is 107 cm³/mol. The number of piperidine rings is 1. The van der Waals surface area contributed by atoms with Gasteiger partial charge < -0.3 is 19.1 Å². The second kappa shape index (κ2) is 7.27. The van der Waals surface area contributed by atoms with E-state index in [4.69, 9.17) is 15.6 Å². The lowest BCUT2D eigenvalue weighted by Gasteiger charge is -2.33. The van der Waals surface area contributed by atoms with Gasteiger partial charge in [0.2, 0.25) is 0 Å². The van der Waals surface area contributed by atoms with E-state index in [0.29, 0.717) is 62.0 Å².